The van der Waals surface area contributed by atoms with Gasteiger partial charge in [0.15, 0.2) is 12.6 Å². The molecule has 108 valence electrons. The van der Waals surface area contributed by atoms with Gasteiger partial charge in [-0.25, -0.2) is 0 Å². The minimum absolute atomic E-state index is 0.000718. The lowest BCUT2D eigenvalue weighted by atomic mass is 10.4. The van der Waals surface area contributed by atoms with Gasteiger partial charge in [-0.1, -0.05) is 0 Å². The summed E-state index contributed by atoms with van der Waals surface area (Å²) < 4.78 is 37.9. The molecule has 0 spiro atoms. The van der Waals surface area contributed by atoms with Crippen LogP contribution in [0.3, 0.4) is 0 Å². The molecular formula is C12H18O7. The average Bonchev–Trinajstić information content (AvgIpc) is 3.26. The van der Waals surface area contributed by atoms with E-state index in [-0.39, 0.29) is 24.4 Å². The summed E-state index contributed by atoms with van der Waals surface area (Å²) in [5.41, 5.74) is 0. The fourth-order valence-corrected chi connectivity index (χ4v) is 1.76. The molecule has 4 rings (SSSR count). The third-order valence-corrected chi connectivity index (χ3v) is 3.29. The highest BCUT2D eigenvalue weighted by Gasteiger charge is 2.43. The molecule has 7 heteroatoms. The summed E-state index contributed by atoms with van der Waals surface area (Å²) in [5.74, 6) is 0. The largest absolute Gasteiger partial charge is 0.371 e. The van der Waals surface area contributed by atoms with E-state index in [0.717, 1.165) is 13.2 Å². The lowest BCUT2D eigenvalue weighted by molar-refractivity contribution is -0.257. The Balaban J connectivity index is 1.26. The molecule has 0 radical (unpaired) electrons. The summed E-state index contributed by atoms with van der Waals surface area (Å²) in [7, 11) is 0. The van der Waals surface area contributed by atoms with Crippen molar-refractivity contribution in [1.29, 1.82) is 0 Å². The van der Waals surface area contributed by atoms with Crippen LogP contribution in [0.15, 0.2) is 0 Å². The zero-order valence-electron chi connectivity index (χ0n) is 10.6. The fourth-order valence-electron chi connectivity index (χ4n) is 1.76. The Hall–Kier alpha value is -0.280. The highest BCUT2D eigenvalue weighted by atomic mass is 16.8. The molecule has 4 saturated heterocycles. The van der Waals surface area contributed by atoms with E-state index >= 15 is 0 Å². The van der Waals surface area contributed by atoms with Crippen LogP contribution in [0.25, 0.3) is 0 Å². The molecule has 4 heterocycles. The van der Waals surface area contributed by atoms with Crippen LogP contribution in [0.1, 0.15) is 0 Å². The van der Waals surface area contributed by atoms with Crippen molar-refractivity contribution >= 4 is 0 Å². The summed E-state index contributed by atoms with van der Waals surface area (Å²) in [6.07, 6.45) is -0.388. The van der Waals surface area contributed by atoms with E-state index in [1.54, 1.807) is 0 Å². The topological polar surface area (TPSA) is 77.8 Å². The Bertz CT molecular complexity index is 279. The molecule has 0 amide bonds. The molecule has 0 N–H and O–H groups in total. The van der Waals surface area contributed by atoms with Gasteiger partial charge in [-0.2, -0.15) is 0 Å². The minimum atomic E-state index is -0.404. The number of epoxide rings is 4. The smallest absolute Gasteiger partial charge is 0.189 e. The summed E-state index contributed by atoms with van der Waals surface area (Å²) in [5, 5.41) is 0. The molecule has 6 atom stereocenters. The molecule has 0 aliphatic carbocycles. The minimum Gasteiger partial charge on any atom is -0.371 e. The maximum Gasteiger partial charge on any atom is 0.189 e. The van der Waals surface area contributed by atoms with Crippen LogP contribution >= 0.6 is 0 Å². The van der Waals surface area contributed by atoms with Crippen LogP contribution in [0, 0.1) is 0 Å². The zero-order valence-corrected chi connectivity index (χ0v) is 10.6. The lowest BCUT2D eigenvalue weighted by Crippen LogP contribution is -2.35. The van der Waals surface area contributed by atoms with Gasteiger partial charge in [-0.15, -0.1) is 0 Å². The van der Waals surface area contributed by atoms with Crippen LogP contribution in [0.2, 0.25) is 0 Å². The van der Waals surface area contributed by atoms with E-state index in [0.29, 0.717) is 26.4 Å². The van der Waals surface area contributed by atoms with Gasteiger partial charge in [0.1, 0.15) is 24.4 Å². The van der Waals surface area contributed by atoms with E-state index in [4.69, 9.17) is 33.2 Å². The molecule has 4 aliphatic rings. The van der Waals surface area contributed by atoms with E-state index in [1.807, 2.05) is 0 Å². The second kappa shape index (κ2) is 5.25. The predicted octanol–water partition coefficient (Wildman–Crippen LogP) is -0.716. The molecular weight excluding hydrogens is 256 g/mol. The van der Waals surface area contributed by atoms with E-state index in [2.05, 4.69) is 0 Å². The molecule has 7 nitrogen and oxygen atoms in total. The quantitative estimate of drug-likeness (QED) is 0.384. The number of ether oxygens (including phenoxy) is 7. The van der Waals surface area contributed by atoms with Crippen molar-refractivity contribution in [3.63, 3.8) is 0 Å². The van der Waals surface area contributed by atoms with E-state index < -0.39 is 12.6 Å². The molecule has 4 fully saturated rings. The molecule has 0 saturated carbocycles. The highest BCUT2D eigenvalue weighted by Crippen LogP contribution is 2.26. The van der Waals surface area contributed by atoms with Gasteiger partial charge in [0.05, 0.1) is 39.6 Å². The Labute approximate surface area is 111 Å². The van der Waals surface area contributed by atoms with Crippen LogP contribution < -0.4 is 0 Å². The summed E-state index contributed by atoms with van der Waals surface area (Å²) in [6.45, 7) is 3.94. The highest BCUT2D eigenvalue weighted by molar-refractivity contribution is 4.80. The van der Waals surface area contributed by atoms with Crippen LogP contribution in [-0.2, 0) is 33.2 Å². The molecule has 4 aliphatic heterocycles. The van der Waals surface area contributed by atoms with Crippen molar-refractivity contribution in [2.45, 2.75) is 37.0 Å². The Morgan fingerprint density at radius 1 is 0.737 bits per heavy atom. The summed E-state index contributed by atoms with van der Waals surface area (Å²) in [6, 6.07) is 0. The Morgan fingerprint density at radius 3 is 1.47 bits per heavy atom. The Kier molecular flexibility index (Phi) is 3.44. The van der Waals surface area contributed by atoms with Gasteiger partial charge in [-0.3, -0.25) is 0 Å². The molecule has 0 aromatic carbocycles. The SMILES string of the molecule is C1OC1COC(OC(OCC1CO1)C1CO1)C1CO1. The average molecular weight is 274 g/mol. The second-order valence-electron chi connectivity index (χ2n) is 5.19. The van der Waals surface area contributed by atoms with Crippen LogP contribution in [-0.4, -0.2) is 76.6 Å². The number of hydrogen-bond acceptors (Lipinski definition) is 7. The Morgan fingerprint density at radius 2 is 1.16 bits per heavy atom. The third kappa shape index (κ3) is 3.85. The van der Waals surface area contributed by atoms with Gasteiger partial charge in [-0.05, 0) is 0 Å². The van der Waals surface area contributed by atoms with Crippen molar-refractivity contribution in [2.75, 3.05) is 39.6 Å². The van der Waals surface area contributed by atoms with E-state index in [9.17, 15) is 0 Å². The summed E-state index contributed by atoms with van der Waals surface area (Å²) >= 11 is 0. The van der Waals surface area contributed by atoms with Crippen LogP contribution in [0.4, 0.5) is 0 Å². The second-order valence-corrected chi connectivity index (χ2v) is 5.19. The lowest BCUT2D eigenvalue weighted by Gasteiger charge is -2.22. The summed E-state index contributed by atoms with van der Waals surface area (Å²) in [4.78, 5) is 0. The van der Waals surface area contributed by atoms with Crippen molar-refractivity contribution in [3.05, 3.63) is 0 Å². The van der Waals surface area contributed by atoms with Crippen LogP contribution in [0.5, 0.6) is 0 Å². The van der Waals surface area contributed by atoms with Crippen molar-refractivity contribution in [1.82, 2.24) is 0 Å². The third-order valence-electron chi connectivity index (χ3n) is 3.29. The standard InChI is InChI=1S/C12H18O7/c1-7(13-1)3-17-11(9-5-15-9)19-12(10-6-16-10)18-4-8-2-14-8/h7-12H,1-6H2. The van der Waals surface area contributed by atoms with Crippen molar-refractivity contribution < 1.29 is 33.2 Å². The number of rotatable bonds is 10. The fraction of sp³-hybridized carbons (Fsp3) is 1.00. The molecule has 0 aromatic heterocycles. The molecule has 0 bridgehead atoms. The van der Waals surface area contributed by atoms with E-state index in [1.165, 1.54) is 0 Å². The van der Waals surface area contributed by atoms with Gasteiger partial charge in [0.25, 0.3) is 0 Å². The first kappa shape index (κ1) is 12.5. The first-order valence-corrected chi connectivity index (χ1v) is 6.73. The number of hydrogen-bond donors (Lipinski definition) is 0. The monoisotopic (exact) mass is 274 g/mol. The molecule has 6 unspecified atom stereocenters. The van der Waals surface area contributed by atoms with Crippen molar-refractivity contribution in [2.24, 2.45) is 0 Å². The maximum atomic E-state index is 5.85. The van der Waals surface area contributed by atoms with Gasteiger partial charge < -0.3 is 33.2 Å². The first-order chi connectivity index (χ1) is 9.38. The zero-order chi connectivity index (χ0) is 12.7. The van der Waals surface area contributed by atoms with Gasteiger partial charge in [0.2, 0.25) is 0 Å². The molecule has 19 heavy (non-hydrogen) atoms. The van der Waals surface area contributed by atoms with Crippen molar-refractivity contribution in [3.8, 4) is 0 Å². The first-order valence-electron chi connectivity index (χ1n) is 6.73. The van der Waals surface area contributed by atoms with Gasteiger partial charge in [0, 0.05) is 0 Å². The van der Waals surface area contributed by atoms with Gasteiger partial charge >= 0.3 is 0 Å². The normalized spacial score (nSPS) is 41.7. The predicted molar refractivity (Wildman–Crippen MR) is 59.5 cm³/mol. The maximum absolute atomic E-state index is 5.85. The molecule has 0 aromatic rings.